The minimum Gasteiger partial charge on any atom is -0.310 e. The molecule has 0 spiro atoms. The number of rotatable bonds is 3. The predicted octanol–water partition coefficient (Wildman–Crippen LogP) is 3.69. The van der Waals surface area contributed by atoms with E-state index in [9.17, 15) is 4.79 Å². The third-order valence-electron chi connectivity index (χ3n) is 2.77. The number of hydrogen-bond donors (Lipinski definition) is 0. The van der Waals surface area contributed by atoms with Gasteiger partial charge in [0.2, 0.25) is 0 Å². The van der Waals surface area contributed by atoms with Crippen LogP contribution < -0.4 is 4.90 Å². The number of nitrogens with zero attached hydrogens (tertiary/aromatic N) is 1. The Balaban J connectivity index is 2.31. The van der Waals surface area contributed by atoms with Gasteiger partial charge in [0, 0.05) is 17.5 Å². The second-order valence-electron chi connectivity index (χ2n) is 3.90. The maximum absolute atomic E-state index is 12.3. The van der Waals surface area contributed by atoms with Gasteiger partial charge in [-0.2, -0.15) is 0 Å². The van der Waals surface area contributed by atoms with E-state index in [4.69, 9.17) is 0 Å². The van der Waals surface area contributed by atoms with Crippen molar-refractivity contribution in [3.05, 3.63) is 60.2 Å². The van der Waals surface area contributed by atoms with Gasteiger partial charge in [-0.05, 0) is 30.5 Å². The van der Waals surface area contributed by atoms with E-state index in [2.05, 4.69) is 0 Å². The molecule has 0 aliphatic rings. The number of anilines is 1. The molecule has 1 amide bonds. The van der Waals surface area contributed by atoms with E-state index in [0.29, 0.717) is 5.56 Å². The highest BCUT2D eigenvalue weighted by Crippen LogP contribution is 2.28. The van der Waals surface area contributed by atoms with Crippen LogP contribution in [0.1, 0.15) is 10.4 Å². The van der Waals surface area contributed by atoms with E-state index in [-0.39, 0.29) is 5.91 Å². The van der Waals surface area contributed by atoms with Crippen molar-refractivity contribution in [2.75, 3.05) is 18.2 Å². The van der Waals surface area contributed by atoms with Gasteiger partial charge in [-0.1, -0.05) is 30.3 Å². The summed E-state index contributed by atoms with van der Waals surface area (Å²) in [4.78, 5) is 15.1. The van der Waals surface area contributed by atoms with E-state index >= 15 is 0 Å². The van der Waals surface area contributed by atoms with Crippen molar-refractivity contribution in [2.45, 2.75) is 4.90 Å². The lowest BCUT2D eigenvalue weighted by Crippen LogP contribution is -2.26. The molecule has 0 atom stereocenters. The average molecular weight is 257 g/mol. The lowest BCUT2D eigenvalue weighted by Gasteiger charge is -2.20. The van der Waals surface area contributed by atoms with Gasteiger partial charge in [-0.15, -0.1) is 11.8 Å². The van der Waals surface area contributed by atoms with Crippen molar-refractivity contribution in [1.82, 2.24) is 0 Å². The highest BCUT2D eigenvalue weighted by molar-refractivity contribution is 7.98. The van der Waals surface area contributed by atoms with Crippen LogP contribution in [-0.2, 0) is 0 Å². The highest BCUT2D eigenvalue weighted by Gasteiger charge is 2.15. The quantitative estimate of drug-likeness (QED) is 0.782. The Hall–Kier alpha value is -1.74. The van der Waals surface area contributed by atoms with Crippen LogP contribution in [0.25, 0.3) is 0 Å². The molecule has 2 rings (SSSR count). The largest absolute Gasteiger partial charge is 0.310 e. The molecule has 0 radical (unpaired) electrons. The van der Waals surface area contributed by atoms with Gasteiger partial charge in [0.25, 0.3) is 5.91 Å². The van der Waals surface area contributed by atoms with Crippen molar-refractivity contribution < 1.29 is 4.79 Å². The van der Waals surface area contributed by atoms with E-state index in [1.165, 1.54) is 0 Å². The first-order valence-electron chi connectivity index (χ1n) is 5.70. The van der Waals surface area contributed by atoms with Crippen LogP contribution in [0.5, 0.6) is 0 Å². The monoisotopic (exact) mass is 257 g/mol. The van der Waals surface area contributed by atoms with Crippen molar-refractivity contribution in [3.8, 4) is 0 Å². The molecule has 2 nitrogen and oxygen atoms in total. The fraction of sp³-hybridized carbons (Fsp3) is 0.133. The maximum Gasteiger partial charge on any atom is 0.258 e. The Kier molecular flexibility index (Phi) is 4.05. The minimum absolute atomic E-state index is 0.0112. The second kappa shape index (κ2) is 5.74. The molecule has 3 heteroatoms. The van der Waals surface area contributed by atoms with Gasteiger partial charge in [0.05, 0.1) is 5.69 Å². The molecular formula is C15H15NOS. The van der Waals surface area contributed by atoms with Crippen LogP contribution in [-0.4, -0.2) is 19.2 Å². The summed E-state index contributed by atoms with van der Waals surface area (Å²) in [6.45, 7) is 0. The summed E-state index contributed by atoms with van der Waals surface area (Å²) in [6, 6.07) is 17.2. The summed E-state index contributed by atoms with van der Waals surface area (Å²) < 4.78 is 0. The highest BCUT2D eigenvalue weighted by atomic mass is 32.2. The lowest BCUT2D eigenvalue weighted by molar-refractivity contribution is 0.0992. The van der Waals surface area contributed by atoms with Gasteiger partial charge in [-0.3, -0.25) is 4.79 Å². The fourth-order valence-electron chi connectivity index (χ4n) is 1.79. The average Bonchev–Trinajstić information content (AvgIpc) is 2.46. The standard InChI is InChI=1S/C15H15NOS/c1-16(13-10-6-7-11-14(13)18-2)15(17)12-8-4-3-5-9-12/h3-11H,1-2H3. The first kappa shape index (κ1) is 12.7. The van der Waals surface area contributed by atoms with Crippen molar-refractivity contribution in [3.63, 3.8) is 0 Å². The number of carbonyl (C=O) groups is 1. The predicted molar refractivity (Wildman–Crippen MR) is 77.4 cm³/mol. The fourth-order valence-corrected chi connectivity index (χ4v) is 2.42. The Morgan fingerprint density at radius 2 is 1.61 bits per heavy atom. The van der Waals surface area contributed by atoms with Crippen LogP contribution in [0.3, 0.4) is 0 Å². The smallest absolute Gasteiger partial charge is 0.258 e. The second-order valence-corrected chi connectivity index (χ2v) is 4.75. The number of hydrogen-bond acceptors (Lipinski definition) is 2. The van der Waals surface area contributed by atoms with Crippen LogP contribution in [0.2, 0.25) is 0 Å². The Morgan fingerprint density at radius 3 is 2.28 bits per heavy atom. The molecule has 0 fully saturated rings. The van der Waals surface area contributed by atoms with E-state index in [1.807, 2.05) is 67.9 Å². The van der Waals surface area contributed by atoms with E-state index in [1.54, 1.807) is 16.7 Å². The first-order valence-corrected chi connectivity index (χ1v) is 6.92. The molecule has 0 N–H and O–H groups in total. The molecule has 2 aromatic carbocycles. The number of para-hydroxylation sites is 1. The van der Waals surface area contributed by atoms with Crippen molar-refractivity contribution in [2.24, 2.45) is 0 Å². The molecule has 0 bridgehead atoms. The topological polar surface area (TPSA) is 20.3 Å². The molecule has 0 aliphatic carbocycles. The van der Waals surface area contributed by atoms with Crippen LogP contribution in [0.4, 0.5) is 5.69 Å². The van der Waals surface area contributed by atoms with E-state index in [0.717, 1.165) is 10.6 Å². The molecule has 0 heterocycles. The molecule has 0 saturated heterocycles. The molecule has 0 unspecified atom stereocenters. The summed E-state index contributed by atoms with van der Waals surface area (Å²) in [6.07, 6.45) is 2.01. The third kappa shape index (κ3) is 2.57. The normalized spacial score (nSPS) is 10.1. The van der Waals surface area contributed by atoms with Gasteiger partial charge in [-0.25, -0.2) is 0 Å². The zero-order chi connectivity index (χ0) is 13.0. The summed E-state index contributed by atoms with van der Waals surface area (Å²) >= 11 is 1.64. The number of benzene rings is 2. The van der Waals surface area contributed by atoms with Gasteiger partial charge in [0.15, 0.2) is 0 Å². The number of amides is 1. The molecule has 0 aliphatic heterocycles. The molecular weight excluding hydrogens is 242 g/mol. The zero-order valence-corrected chi connectivity index (χ0v) is 11.3. The van der Waals surface area contributed by atoms with Crippen LogP contribution >= 0.6 is 11.8 Å². The van der Waals surface area contributed by atoms with Crippen molar-refractivity contribution in [1.29, 1.82) is 0 Å². The molecule has 2 aromatic rings. The van der Waals surface area contributed by atoms with Crippen LogP contribution in [0.15, 0.2) is 59.5 Å². The Bertz CT molecular complexity index is 539. The first-order chi connectivity index (χ1) is 8.74. The number of thioether (sulfide) groups is 1. The minimum atomic E-state index is 0.0112. The third-order valence-corrected chi connectivity index (χ3v) is 3.56. The molecule has 92 valence electrons. The van der Waals surface area contributed by atoms with Crippen LogP contribution in [0, 0.1) is 0 Å². The molecule has 18 heavy (non-hydrogen) atoms. The Morgan fingerprint density at radius 1 is 1.00 bits per heavy atom. The molecule has 0 saturated carbocycles. The summed E-state index contributed by atoms with van der Waals surface area (Å²) in [5.41, 5.74) is 1.65. The summed E-state index contributed by atoms with van der Waals surface area (Å²) in [7, 11) is 1.81. The van der Waals surface area contributed by atoms with E-state index < -0.39 is 0 Å². The van der Waals surface area contributed by atoms with Crippen molar-refractivity contribution >= 4 is 23.4 Å². The molecule has 0 aromatic heterocycles. The zero-order valence-electron chi connectivity index (χ0n) is 10.5. The maximum atomic E-state index is 12.3. The number of carbonyl (C=O) groups excluding carboxylic acids is 1. The van der Waals surface area contributed by atoms with Gasteiger partial charge >= 0.3 is 0 Å². The lowest BCUT2D eigenvalue weighted by atomic mass is 10.2. The summed E-state index contributed by atoms with van der Waals surface area (Å²) in [5.74, 6) is 0.0112. The summed E-state index contributed by atoms with van der Waals surface area (Å²) in [5, 5.41) is 0. The Labute approximate surface area is 112 Å². The van der Waals surface area contributed by atoms with Gasteiger partial charge < -0.3 is 4.90 Å². The SMILES string of the molecule is CSc1ccccc1N(C)C(=O)c1ccccc1. The van der Waals surface area contributed by atoms with Gasteiger partial charge in [0.1, 0.15) is 0 Å².